The van der Waals surface area contributed by atoms with Gasteiger partial charge >= 0.3 is 0 Å². The van der Waals surface area contributed by atoms with Crippen molar-refractivity contribution < 1.29 is 8.42 Å². The van der Waals surface area contributed by atoms with Gasteiger partial charge in [0, 0.05) is 12.4 Å². The Morgan fingerprint density at radius 2 is 2.14 bits per heavy atom. The van der Waals surface area contributed by atoms with Gasteiger partial charge in [-0.05, 0) is 12.1 Å². The van der Waals surface area contributed by atoms with E-state index in [-0.39, 0.29) is 5.03 Å². The van der Waals surface area contributed by atoms with Crippen molar-refractivity contribution in [1.29, 1.82) is 0 Å². The van der Waals surface area contributed by atoms with E-state index < -0.39 is 10.0 Å². The molecule has 0 radical (unpaired) electrons. The van der Waals surface area contributed by atoms with E-state index in [1.54, 1.807) is 35.2 Å². The summed E-state index contributed by atoms with van der Waals surface area (Å²) in [6.07, 6.45) is 7.31. The first kappa shape index (κ1) is 13.7. The zero-order valence-corrected chi connectivity index (χ0v) is 12.1. The van der Waals surface area contributed by atoms with Crippen LogP contribution in [0.1, 0.15) is 0 Å². The fourth-order valence-electron chi connectivity index (χ4n) is 1.84. The van der Waals surface area contributed by atoms with Crippen molar-refractivity contribution in [2.24, 2.45) is 0 Å². The van der Waals surface area contributed by atoms with E-state index in [1.807, 2.05) is 0 Å². The molecule has 0 spiro atoms. The number of aromatic amines is 1. The van der Waals surface area contributed by atoms with Crippen LogP contribution in [-0.2, 0) is 10.0 Å². The largest absolute Gasteiger partial charge is 0.334 e. The van der Waals surface area contributed by atoms with Crippen molar-refractivity contribution in [1.82, 2.24) is 19.5 Å². The normalized spacial score (nSPS) is 11.5. The van der Waals surface area contributed by atoms with Crippen molar-refractivity contribution in [3.8, 4) is 5.69 Å². The van der Waals surface area contributed by atoms with Gasteiger partial charge in [-0.25, -0.2) is 9.97 Å². The van der Waals surface area contributed by atoms with E-state index in [0.29, 0.717) is 16.4 Å². The summed E-state index contributed by atoms with van der Waals surface area (Å²) in [5, 5.41) is 0.372. The molecule has 21 heavy (non-hydrogen) atoms. The van der Waals surface area contributed by atoms with Crippen LogP contribution in [0, 0.1) is 0 Å². The molecule has 2 N–H and O–H groups in total. The number of hydrogen-bond acceptors (Lipinski definition) is 4. The number of hydrogen-bond donors (Lipinski definition) is 2. The van der Waals surface area contributed by atoms with Crippen molar-refractivity contribution in [2.45, 2.75) is 5.03 Å². The summed E-state index contributed by atoms with van der Waals surface area (Å²) < 4.78 is 28.6. The van der Waals surface area contributed by atoms with Gasteiger partial charge in [0.2, 0.25) is 0 Å². The fourth-order valence-corrected chi connectivity index (χ4v) is 3.09. The van der Waals surface area contributed by atoms with Gasteiger partial charge in [-0.15, -0.1) is 0 Å². The molecule has 0 saturated heterocycles. The van der Waals surface area contributed by atoms with Crippen LogP contribution in [-0.4, -0.2) is 27.9 Å². The molecule has 108 valence electrons. The highest BCUT2D eigenvalue weighted by atomic mass is 35.5. The summed E-state index contributed by atoms with van der Waals surface area (Å²) in [5.41, 5.74) is 0.842. The van der Waals surface area contributed by atoms with Gasteiger partial charge < -0.3 is 9.55 Å². The van der Waals surface area contributed by atoms with Crippen molar-refractivity contribution in [3.05, 3.63) is 54.5 Å². The number of nitrogens with zero attached hydrogens (tertiary/aromatic N) is 3. The molecule has 0 atom stereocenters. The second-order valence-electron chi connectivity index (χ2n) is 4.13. The SMILES string of the molecule is O=S(=O)(Nc1cccc(Cl)c1-n1ccnc1)c1cnc[nH]1. The third-order valence-corrected chi connectivity index (χ3v) is 4.35. The van der Waals surface area contributed by atoms with Crippen LogP contribution >= 0.6 is 11.6 Å². The van der Waals surface area contributed by atoms with Gasteiger partial charge in [0.05, 0.1) is 35.2 Å². The monoisotopic (exact) mass is 323 g/mol. The van der Waals surface area contributed by atoms with E-state index in [4.69, 9.17) is 11.6 Å². The number of rotatable bonds is 4. The Bertz CT molecular complexity index is 844. The number of nitrogens with one attached hydrogen (secondary N) is 2. The third kappa shape index (κ3) is 2.63. The number of sulfonamides is 1. The van der Waals surface area contributed by atoms with Crippen LogP contribution < -0.4 is 4.72 Å². The van der Waals surface area contributed by atoms with E-state index in [0.717, 1.165) is 0 Å². The summed E-state index contributed by atoms with van der Waals surface area (Å²) in [6, 6.07) is 4.95. The lowest BCUT2D eigenvalue weighted by atomic mass is 10.2. The van der Waals surface area contributed by atoms with Crippen molar-refractivity contribution in [2.75, 3.05) is 4.72 Å². The predicted octanol–water partition coefficient (Wildman–Crippen LogP) is 2.05. The summed E-state index contributed by atoms with van der Waals surface area (Å²) in [4.78, 5) is 10.2. The number of H-pyrrole nitrogens is 1. The molecule has 2 aromatic heterocycles. The van der Waals surface area contributed by atoms with Gasteiger partial charge in [0.1, 0.15) is 0 Å². The molecule has 0 aliphatic heterocycles. The van der Waals surface area contributed by atoms with Gasteiger partial charge in [0.25, 0.3) is 10.0 Å². The number of benzene rings is 1. The average Bonchev–Trinajstić information content (AvgIpc) is 3.12. The van der Waals surface area contributed by atoms with Crippen molar-refractivity contribution >= 4 is 27.3 Å². The Labute approximate surface area is 125 Å². The first-order chi connectivity index (χ1) is 10.1. The minimum Gasteiger partial charge on any atom is -0.334 e. The zero-order valence-electron chi connectivity index (χ0n) is 10.6. The Hall–Kier alpha value is -2.32. The average molecular weight is 324 g/mol. The van der Waals surface area contributed by atoms with Crippen LogP contribution in [0.5, 0.6) is 0 Å². The lowest BCUT2D eigenvalue weighted by molar-refractivity contribution is 0.598. The molecule has 9 heteroatoms. The first-order valence-electron chi connectivity index (χ1n) is 5.86. The highest BCUT2D eigenvalue weighted by molar-refractivity contribution is 7.92. The Balaban J connectivity index is 2.07. The molecular formula is C12H10ClN5O2S. The van der Waals surface area contributed by atoms with E-state index in [2.05, 4.69) is 19.7 Å². The number of para-hydroxylation sites is 1. The third-order valence-electron chi connectivity index (χ3n) is 2.76. The summed E-state index contributed by atoms with van der Waals surface area (Å²) >= 11 is 6.17. The molecule has 0 aliphatic carbocycles. The fraction of sp³-hybridized carbons (Fsp3) is 0. The van der Waals surface area contributed by atoms with Crippen LogP contribution in [0.3, 0.4) is 0 Å². The minimum absolute atomic E-state index is 0.0287. The number of imidazole rings is 2. The highest BCUT2D eigenvalue weighted by Crippen LogP contribution is 2.29. The second-order valence-corrected chi connectivity index (χ2v) is 6.19. The van der Waals surface area contributed by atoms with Gasteiger partial charge in [-0.2, -0.15) is 8.42 Å². The quantitative estimate of drug-likeness (QED) is 0.768. The second kappa shape index (κ2) is 5.23. The smallest absolute Gasteiger partial charge is 0.279 e. The summed E-state index contributed by atoms with van der Waals surface area (Å²) in [6.45, 7) is 0. The van der Waals surface area contributed by atoms with Gasteiger partial charge in [0.15, 0.2) is 5.03 Å². The van der Waals surface area contributed by atoms with E-state index in [9.17, 15) is 8.42 Å². The molecule has 3 rings (SSSR count). The molecule has 0 bridgehead atoms. The lowest BCUT2D eigenvalue weighted by Crippen LogP contribution is -2.15. The van der Waals surface area contributed by atoms with Gasteiger partial charge in [-0.1, -0.05) is 17.7 Å². The predicted molar refractivity (Wildman–Crippen MR) is 78.0 cm³/mol. The van der Waals surface area contributed by atoms with Crippen LogP contribution in [0.25, 0.3) is 5.69 Å². The van der Waals surface area contributed by atoms with Crippen LogP contribution in [0.15, 0.2) is 54.5 Å². The lowest BCUT2D eigenvalue weighted by Gasteiger charge is -2.13. The molecule has 0 saturated carbocycles. The van der Waals surface area contributed by atoms with Crippen molar-refractivity contribution in [3.63, 3.8) is 0 Å². The first-order valence-corrected chi connectivity index (χ1v) is 7.72. The van der Waals surface area contributed by atoms with Gasteiger partial charge in [-0.3, -0.25) is 4.72 Å². The summed E-state index contributed by atoms with van der Waals surface area (Å²) in [7, 11) is -3.76. The maximum atomic E-state index is 12.2. The van der Waals surface area contributed by atoms with Crippen LogP contribution in [0.4, 0.5) is 5.69 Å². The number of halogens is 1. The Morgan fingerprint density at radius 3 is 2.81 bits per heavy atom. The Kier molecular flexibility index (Phi) is 3.40. The molecule has 0 fully saturated rings. The molecule has 0 amide bonds. The van der Waals surface area contributed by atoms with E-state index >= 15 is 0 Å². The zero-order chi connectivity index (χ0) is 14.9. The number of aromatic nitrogens is 4. The standard InChI is InChI=1S/C12H10ClN5O2S/c13-9-2-1-3-10(12(9)18-5-4-14-8-18)17-21(19,20)11-6-15-7-16-11/h1-8,17H,(H,15,16). The summed E-state index contributed by atoms with van der Waals surface area (Å²) in [5.74, 6) is 0. The molecule has 1 aromatic carbocycles. The maximum Gasteiger partial charge on any atom is 0.279 e. The molecular weight excluding hydrogens is 314 g/mol. The van der Waals surface area contributed by atoms with Crippen LogP contribution in [0.2, 0.25) is 5.02 Å². The molecule has 3 aromatic rings. The maximum absolute atomic E-state index is 12.2. The van der Waals surface area contributed by atoms with E-state index in [1.165, 1.54) is 18.9 Å². The minimum atomic E-state index is -3.76. The molecule has 7 nitrogen and oxygen atoms in total. The molecule has 0 aliphatic rings. The molecule has 0 unspecified atom stereocenters. The highest BCUT2D eigenvalue weighted by Gasteiger charge is 2.19. The Morgan fingerprint density at radius 1 is 1.29 bits per heavy atom. The molecule has 2 heterocycles. The topological polar surface area (TPSA) is 92.7 Å². The number of anilines is 1.